The number of benzene rings is 1. The van der Waals surface area contributed by atoms with Crippen molar-refractivity contribution in [2.45, 2.75) is 33.2 Å². The van der Waals surface area contributed by atoms with Crippen LogP contribution in [0.1, 0.15) is 36.2 Å². The van der Waals surface area contributed by atoms with E-state index in [0.29, 0.717) is 12.0 Å². The van der Waals surface area contributed by atoms with E-state index >= 15 is 0 Å². The Kier molecular flexibility index (Phi) is 6.06. The van der Waals surface area contributed by atoms with Crippen LogP contribution in [0.25, 0.3) is 0 Å². The van der Waals surface area contributed by atoms with Gasteiger partial charge in [0.05, 0.1) is 17.6 Å². The first kappa shape index (κ1) is 18.4. The monoisotopic (exact) mass is 324 g/mol. The van der Waals surface area contributed by atoms with Gasteiger partial charge < -0.3 is 15.2 Å². The molecule has 0 bridgehead atoms. The number of nitro benzene ring substituents is 1. The highest BCUT2D eigenvalue weighted by molar-refractivity contribution is 5.97. The summed E-state index contributed by atoms with van der Waals surface area (Å²) in [7, 11) is 1.34. The third-order valence-electron chi connectivity index (χ3n) is 3.78. The molecule has 1 aromatic rings. The smallest absolute Gasteiger partial charge is 0.326 e. The number of carboxylic acid groups (broad SMARTS) is 1. The third kappa shape index (κ3) is 4.18. The van der Waals surface area contributed by atoms with E-state index < -0.39 is 22.8 Å². The molecule has 126 valence electrons. The fraction of sp³-hybridized carbons (Fsp3) is 0.467. The summed E-state index contributed by atoms with van der Waals surface area (Å²) in [6.07, 6.45) is 0.564. The predicted octanol–water partition coefficient (Wildman–Crippen LogP) is 2.14. The molecule has 0 heterocycles. The zero-order valence-corrected chi connectivity index (χ0v) is 13.5. The van der Waals surface area contributed by atoms with Crippen molar-refractivity contribution in [1.29, 1.82) is 0 Å². The van der Waals surface area contributed by atoms with Crippen LogP contribution in [0, 0.1) is 23.0 Å². The van der Waals surface area contributed by atoms with E-state index in [1.165, 1.54) is 20.1 Å². The summed E-state index contributed by atoms with van der Waals surface area (Å²) >= 11 is 0. The highest BCUT2D eigenvalue weighted by atomic mass is 16.6. The molecule has 0 aliphatic carbocycles. The molecule has 0 aliphatic heterocycles. The van der Waals surface area contributed by atoms with Crippen LogP contribution in [0.3, 0.4) is 0 Å². The Morgan fingerprint density at radius 2 is 2.04 bits per heavy atom. The number of rotatable bonds is 7. The first-order valence-corrected chi connectivity index (χ1v) is 7.09. The second kappa shape index (κ2) is 7.57. The number of aliphatic carboxylic acids is 1. The molecule has 0 radical (unpaired) electrons. The minimum absolute atomic E-state index is 0.0197. The Balaban J connectivity index is 3.19. The zero-order chi connectivity index (χ0) is 17.7. The number of nitro groups is 1. The second-order valence-electron chi connectivity index (χ2n) is 5.25. The van der Waals surface area contributed by atoms with Gasteiger partial charge in [0.25, 0.3) is 11.6 Å². The number of carbonyl (C=O) groups is 2. The molecule has 0 unspecified atom stereocenters. The fourth-order valence-electron chi connectivity index (χ4n) is 2.11. The van der Waals surface area contributed by atoms with Gasteiger partial charge in [0, 0.05) is 11.6 Å². The van der Waals surface area contributed by atoms with E-state index in [1.807, 2.05) is 6.92 Å². The van der Waals surface area contributed by atoms with Crippen molar-refractivity contribution in [1.82, 2.24) is 5.32 Å². The van der Waals surface area contributed by atoms with Gasteiger partial charge in [-0.25, -0.2) is 4.79 Å². The average Bonchev–Trinajstić information content (AvgIpc) is 2.51. The van der Waals surface area contributed by atoms with Crippen molar-refractivity contribution in [3.05, 3.63) is 33.4 Å². The maximum absolute atomic E-state index is 12.3. The van der Waals surface area contributed by atoms with E-state index in [-0.39, 0.29) is 22.9 Å². The Labute approximate surface area is 133 Å². The van der Waals surface area contributed by atoms with Crippen molar-refractivity contribution in [3.8, 4) is 5.75 Å². The van der Waals surface area contributed by atoms with E-state index in [4.69, 9.17) is 4.74 Å². The third-order valence-corrected chi connectivity index (χ3v) is 3.78. The maximum Gasteiger partial charge on any atom is 0.326 e. The molecule has 0 spiro atoms. The number of amides is 1. The lowest BCUT2D eigenvalue weighted by molar-refractivity contribution is -0.385. The molecule has 8 nitrogen and oxygen atoms in total. The molecule has 1 amide bonds. The zero-order valence-electron chi connectivity index (χ0n) is 13.5. The van der Waals surface area contributed by atoms with Crippen molar-refractivity contribution < 1.29 is 24.4 Å². The van der Waals surface area contributed by atoms with Crippen LogP contribution in [0.5, 0.6) is 5.75 Å². The van der Waals surface area contributed by atoms with Gasteiger partial charge in [-0.15, -0.1) is 0 Å². The number of nitrogens with one attached hydrogen (secondary N) is 1. The summed E-state index contributed by atoms with van der Waals surface area (Å²) in [6.45, 7) is 5.03. The molecular weight excluding hydrogens is 304 g/mol. The first-order valence-electron chi connectivity index (χ1n) is 7.09. The van der Waals surface area contributed by atoms with E-state index in [9.17, 15) is 24.8 Å². The molecular formula is C15H20N2O6. The molecule has 8 heteroatoms. The van der Waals surface area contributed by atoms with Gasteiger partial charge in [-0.2, -0.15) is 0 Å². The van der Waals surface area contributed by atoms with Crippen LogP contribution < -0.4 is 10.1 Å². The minimum atomic E-state index is -1.15. The van der Waals surface area contributed by atoms with Crippen LogP contribution >= 0.6 is 0 Å². The van der Waals surface area contributed by atoms with Crippen molar-refractivity contribution in [2.75, 3.05) is 7.11 Å². The standard InChI is InChI=1S/C15H20N2O6/c1-5-8(2)13(15(19)20)16-14(18)10-6-11(17(21)22)9(3)12(7-10)23-4/h6-8,13H,5H2,1-4H3,(H,16,18)(H,19,20)/t8-,13-/m0/s1. The molecule has 0 fully saturated rings. The second-order valence-corrected chi connectivity index (χ2v) is 5.25. The first-order chi connectivity index (χ1) is 10.7. The summed E-state index contributed by atoms with van der Waals surface area (Å²) in [6, 6.07) is 1.40. The van der Waals surface area contributed by atoms with E-state index in [1.54, 1.807) is 6.92 Å². The van der Waals surface area contributed by atoms with Crippen LogP contribution in [-0.4, -0.2) is 35.1 Å². The SMILES string of the molecule is CC[C@H](C)[C@H](NC(=O)c1cc(OC)c(C)c([N+](=O)[O-])c1)C(=O)O. The number of carboxylic acids is 1. The van der Waals surface area contributed by atoms with Gasteiger partial charge >= 0.3 is 5.97 Å². The summed E-state index contributed by atoms with van der Waals surface area (Å²) in [4.78, 5) is 34.0. The fourth-order valence-corrected chi connectivity index (χ4v) is 2.11. The lowest BCUT2D eigenvalue weighted by Crippen LogP contribution is -2.45. The maximum atomic E-state index is 12.3. The number of carbonyl (C=O) groups excluding carboxylic acids is 1. The van der Waals surface area contributed by atoms with Crippen LogP contribution in [0.4, 0.5) is 5.69 Å². The molecule has 0 aliphatic rings. The summed E-state index contributed by atoms with van der Waals surface area (Å²) in [5.41, 5.74) is 0.0179. The van der Waals surface area contributed by atoms with Gasteiger partial charge in [-0.3, -0.25) is 14.9 Å². The summed E-state index contributed by atoms with van der Waals surface area (Å²) < 4.78 is 5.05. The Hall–Kier alpha value is -2.64. The highest BCUT2D eigenvalue weighted by Gasteiger charge is 2.27. The lowest BCUT2D eigenvalue weighted by Gasteiger charge is -2.20. The molecule has 1 rings (SSSR count). The van der Waals surface area contributed by atoms with Gasteiger partial charge in [0.15, 0.2) is 0 Å². The molecule has 23 heavy (non-hydrogen) atoms. The van der Waals surface area contributed by atoms with Crippen LogP contribution in [0.15, 0.2) is 12.1 Å². The highest BCUT2D eigenvalue weighted by Crippen LogP contribution is 2.29. The number of hydrogen-bond donors (Lipinski definition) is 2. The molecule has 0 aromatic heterocycles. The van der Waals surface area contributed by atoms with E-state index in [2.05, 4.69) is 5.32 Å². The number of methoxy groups -OCH3 is 1. The molecule has 1 aromatic carbocycles. The van der Waals surface area contributed by atoms with E-state index in [0.717, 1.165) is 6.07 Å². The number of hydrogen-bond acceptors (Lipinski definition) is 5. The van der Waals surface area contributed by atoms with Gasteiger partial charge in [0.1, 0.15) is 11.8 Å². The minimum Gasteiger partial charge on any atom is -0.496 e. The quantitative estimate of drug-likeness (QED) is 0.586. The summed E-state index contributed by atoms with van der Waals surface area (Å²) in [5.74, 6) is -1.93. The van der Waals surface area contributed by atoms with Gasteiger partial charge in [-0.05, 0) is 18.9 Å². The normalized spacial score (nSPS) is 13.0. The topological polar surface area (TPSA) is 119 Å². The largest absolute Gasteiger partial charge is 0.496 e. The van der Waals surface area contributed by atoms with Crippen LogP contribution in [-0.2, 0) is 4.79 Å². The van der Waals surface area contributed by atoms with Gasteiger partial charge in [-0.1, -0.05) is 20.3 Å². The number of ether oxygens (including phenoxy) is 1. The average molecular weight is 324 g/mol. The molecule has 2 N–H and O–H groups in total. The van der Waals surface area contributed by atoms with Crippen LogP contribution in [0.2, 0.25) is 0 Å². The molecule has 2 atom stereocenters. The predicted molar refractivity (Wildman–Crippen MR) is 82.7 cm³/mol. The Morgan fingerprint density at radius 3 is 2.48 bits per heavy atom. The van der Waals surface area contributed by atoms with Gasteiger partial charge in [0.2, 0.25) is 0 Å². The molecule has 0 saturated carbocycles. The Bertz CT molecular complexity index is 629. The van der Waals surface area contributed by atoms with Crippen molar-refractivity contribution in [2.24, 2.45) is 5.92 Å². The number of nitrogens with zero attached hydrogens (tertiary/aromatic N) is 1. The van der Waals surface area contributed by atoms with Crippen molar-refractivity contribution in [3.63, 3.8) is 0 Å². The lowest BCUT2D eigenvalue weighted by atomic mass is 9.98. The molecule has 0 saturated heterocycles. The summed E-state index contributed by atoms with van der Waals surface area (Å²) in [5, 5.41) is 22.7. The Morgan fingerprint density at radius 1 is 1.43 bits per heavy atom. The van der Waals surface area contributed by atoms with Crippen molar-refractivity contribution >= 4 is 17.6 Å².